The lowest BCUT2D eigenvalue weighted by molar-refractivity contribution is -0.149. The third-order valence-corrected chi connectivity index (χ3v) is 2.66. The molecule has 5 heteroatoms. The number of ether oxygens (including phenoxy) is 1. The monoisotopic (exact) mass is 272 g/mol. The Labute approximate surface area is 116 Å². The second kappa shape index (κ2) is 9.78. The summed E-state index contributed by atoms with van der Waals surface area (Å²) in [5, 5.41) is 0. The molecule has 0 rings (SSSR count). The average Bonchev–Trinajstić information content (AvgIpc) is 2.27. The molecule has 0 fully saturated rings. The first kappa shape index (κ1) is 17.9. The largest absolute Gasteiger partial charge is 0.465 e. The highest BCUT2D eigenvalue weighted by atomic mass is 16.5. The van der Waals surface area contributed by atoms with Crippen LogP contribution in [0.1, 0.15) is 47.0 Å². The summed E-state index contributed by atoms with van der Waals surface area (Å²) in [4.78, 5) is 25.2. The van der Waals surface area contributed by atoms with Crippen LogP contribution in [0.2, 0.25) is 0 Å². The summed E-state index contributed by atoms with van der Waals surface area (Å²) in [6.45, 7) is 8.71. The Kier molecular flexibility index (Phi) is 9.21. The lowest BCUT2D eigenvalue weighted by Gasteiger charge is -2.25. The molecule has 0 aromatic heterocycles. The minimum atomic E-state index is -0.361. The van der Waals surface area contributed by atoms with E-state index in [0.29, 0.717) is 25.5 Å². The van der Waals surface area contributed by atoms with E-state index < -0.39 is 0 Å². The maximum Gasteiger partial charge on any atom is 0.325 e. The molecule has 0 saturated carbocycles. The molecule has 0 aliphatic carbocycles. The van der Waals surface area contributed by atoms with Crippen LogP contribution >= 0.6 is 0 Å². The first-order valence-electron chi connectivity index (χ1n) is 7.09. The van der Waals surface area contributed by atoms with Gasteiger partial charge in [-0.3, -0.25) is 9.59 Å². The molecule has 112 valence electrons. The van der Waals surface area contributed by atoms with Crippen LogP contribution < -0.4 is 5.73 Å². The van der Waals surface area contributed by atoms with Crippen LogP contribution in [0.15, 0.2) is 0 Å². The van der Waals surface area contributed by atoms with Crippen LogP contribution in [0, 0.1) is 5.92 Å². The van der Waals surface area contributed by atoms with Gasteiger partial charge in [-0.1, -0.05) is 27.2 Å². The predicted molar refractivity (Wildman–Crippen MR) is 75.6 cm³/mol. The molecule has 0 heterocycles. The zero-order valence-corrected chi connectivity index (χ0v) is 12.6. The van der Waals surface area contributed by atoms with Gasteiger partial charge in [0.25, 0.3) is 0 Å². The molecule has 0 spiro atoms. The first-order chi connectivity index (χ1) is 8.90. The molecule has 0 radical (unpaired) electrons. The molecule has 1 atom stereocenters. The number of hydrogen-bond donors (Lipinski definition) is 1. The number of carbonyl (C=O) groups is 2. The van der Waals surface area contributed by atoms with Crippen LogP contribution in [0.5, 0.6) is 0 Å². The van der Waals surface area contributed by atoms with Crippen molar-refractivity contribution >= 4 is 11.9 Å². The van der Waals surface area contributed by atoms with E-state index in [2.05, 4.69) is 0 Å². The van der Waals surface area contributed by atoms with Crippen molar-refractivity contribution in [3.05, 3.63) is 0 Å². The highest BCUT2D eigenvalue weighted by Gasteiger charge is 2.20. The standard InChI is InChI=1S/C14H28N2O3/c1-5-7-12(15)8-13(17)16(9-11(3)4)10-14(18)19-6-2/h11-12H,5-10,15H2,1-4H3. The van der Waals surface area contributed by atoms with Gasteiger partial charge in [-0.05, 0) is 19.3 Å². The van der Waals surface area contributed by atoms with Gasteiger partial charge >= 0.3 is 5.97 Å². The summed E-state index contributed by atoms with van der Waals surface area (Å²) in [6.07, 6.45) is 2.07. The Morgan fingerprint density at radius 3 is 2.37 bits per heavy atom. The van der Waals surface area contributed by atoms with Crippen molar-refractivity contribution in [3.63, 3.8) is 0 Å². The fourth-order valence-electron chi connectivity index (χ4n) is 1.88. The summed E-state index contributed by atoms with van der Waals surface area (Å²) in [7, 11) is 0. The Balaban J connectivity index is 4.46. The van der Waals surface area contributed by atoms with Crippen LogP contribution in [-0.2, 0) is 14.3 Å². The second-order valence-electron chi connectivity index (χ2n) is 5.23. The number of hydrogen-bond acceptors (Lipinski definition) is 4. The van der Waals surface area contributed by atoms with E-state index in [1.165, 1.54) is 0 Å². The first-order valence-corrected chi connectivity index (χ1v) is 7.09. The molecule has 1 amide bonds. The summed E-state index contributed by atoms with van der Waals surface area (Å²) >= 11 is 0. The number of nitrogens with two attached hydrogens (primary N) is 1. The van der Waals surface area contributed by atoms with Crippen molar-refractivity contribution in [2.45, 2.75) is 53.0 Å². The van der Waals surface area contributed by atoms with E-state index in [1.807, 2.05) is 20.8 Å². The van der Waals surface area contributed by atoms with Gasteiger partial charge in [-0.15, -0.1) is 0 Å². The maximum atomic E-state index is 12.1. The smallest absolute Gasteiger partial charge is 0.325 e. The molecule has 0 aliphatic rings. The fourth-order valence-corrected chi connectivity index (χ4v) is 1.88. The highest BCUT2D eigenvalue weighted by Crippen LogP contribution is 2.06. The van der Waals surface area contributed by atoms with Gasteiger partial charge in [-0.25, -0.2) is 0 Å². The normalized spacial score (nSPS) is 12.3. The maximum absolute atomic E-state index is 12.1. The SMILES string of the molecule is CCCC(N)CC(=O)N(CC(=O)OCC)CC(C)C. The van der Waals surface area contributed by atoms with Crippen molar-refractivity contribution in [3.8, 4) is 0 Å². The number of rotatable bonds is 9. The summed E-state index contributed by atoms with van der Waals surface area (Å²) in [5.41, 5.74) is 5.88. The zero-order chi connectivity index (χ0) is 14.8. The fraction of sp³-hybridized carbons (Fsp3) is 0.857. The van der Waals surface area contributed by atoms with Crippen molar-refractivity contribution in [2.24, 2.45) is 11.7 Å². The Morgan fingerprint density at radius 2 is 1.89 bits per heavy atom. The van der Waals surface area contributed by atoms with E-state index in [0.717, 1.165) is 12.8 Å². The van der Waals surface area contributed by atoms with E-state index in [4.69, 9.17) is 10.5 Å². The van der Waals surface area contributed by atoms with Crippen LogP contribution in [-0.4, -0.2) is 42.5 Å². The Morgan fingerprint density at radius 1 is 1.26 bits per heavy atom. The van der Waals surface area contributed by atoms with Crippen molar-refractivity contribution in [1.29, 1.82) is 0 Å². The van der Waals surface area contributed by atoms with E-state index in [9.17, 15) is 9.59 Å². The topological polar surface area (TPSA) is 72.6 Å². The van der Waals surface area contributed by atoms with Crippen molar-refractivity contribution in [2.75, 3.05) is 19.7 Å². The summed E-state index contributed by atoms with van der Waals surface area (Å²) in [6, 6.07) is -0.130. The predicted octanol–water partition coefficient (Wildman–Crippen LogP) is 1.55. The molecule has 19 heavy (non-hydrogen) atoms. The van der Waals surface area contributed by atoms with Gasteiger partial charge in [0.2, 0.25) is 5.91 Å². The van der Waals surface area contributed by atoms with Crippen molar-refractivity contribution < 1.29 is 14.3 Å². The van der Waals surface area contributed by atoms with E-state index in [-0.39, 0.29) is 24.5 Å². The zero-order valence-electron chi connectivity index (χ0n) is 12.6. The molecule has 0 saturated heterocycles. The Hall–Kier alpha value is -1.10. The molecule has 1 unspecified atom stereocenters. The molecule has 0 aromatic carbocycles. The van der Waals surface area contributed by atoms with Crippen LogP contribution in [0.25, 0.3) is 0 Å². The minimum Gasteiger partial charge on any atom is -0.465 e. The van der Waals surface area contributed by atoms with Gasteiger partial charge in [0.05, 0.1) is 6.61 Å². The van der Waals surface area contributed by atoms with E-state index in [1.54, 1.807) is 11.8 Å². The quantitative estimate of drug-likeness (QED) is 0.646. The van der Waals surface area contributed by atoms with Gasteiger partial charge in [0.15, 0.2) is 0 Å². The molecular formula is C14H28N2O3. The van der Waals surface area contributed by atoms with Crippen LogP contribution in [0.4, 0.5) is 0 Å². The number of nitrogens with zero attached hydrogens (tertiary/aromatic N) is 1. The number of esters is 1. The van der Waals surface area contributed by atoms with Gasteiger partial charge in [0.1, 0.15) is 6.54 Å². The van der Waals surface area contributed by atoms with Gasteiger partial charge in [-0.2, -0.15) is 0 Å². The van der Waals surface area contributed by atoms with E-state index >= 15 is 0 Å². The van der Waals surface area contributed by atoms with Gasteiger partial charge in [0, 0.05) is 19.0 Å². The highest BCUT2D eigenvalue weighted by molar-refractivity contribution is 5.82. The molecule has 2 N–H and O–H groups in total. The molecule has 0 aromatic rings. The molecule has 5 nitrogen and oxygen atoms in total. The lowest BCUT2D eigenvalue weighted by Crippen LogP contribution is -2.41. The summed E-state index contributed by atoms with van der Waals surface area (Å²) < 4.78 is 4.89. The third kappa shape index (κ3) is 8.59. The molecule has 0 bridgehead atoms. The molecular weight excluding hydrogens is 244 g/mol. The Bertz CT molecular complexity index is 280. The van der Waals surface area contributed by atoms with Crippen LogP contribution in [0.3, 0.4) is 0 Å². The average molecular weight is 272 g/mol. The minimum absolute atomic E-state index is 0.0176. The van der Waals surface area contributed by atoms with Gasteiger partial charge < -0.3 is 15.4 Å². The lowest BCUT2D eigenvalue weighted by atomic mass is 10.1. The second-order valence-corrected chi connectivity index (χ2v) is 5.23. The number of amides is 1. The molecule has 0 aliphatic heterocycles. The third-order valence-electron chi connectivity index (χ3n) is 2.66. The van der Waals surface area contributed by atoms with Crippen molar-refractivity contribution in [1.82, 2.24) is 4.90 Å². The summed E-state index contributed by atoms with van der Waals surface area (Å²) in [5.74, 6) is -0.121. The number of carbonyl (C=O) groups excluding carboxylic acids is 2.